The van der Waals surface area contributed by atoms with Gasteiger partial charge in [-0.05, 0) is 62.0 Å². The van der Waals surface area contributed by atoms with Crippen LogP contribution in [0.3, 0.4) is 0 Å². The highest BCUT2D eigenvalue weighted by Crippen LogP contribution is 2.61. The highest BCUT2D eigenvalue weighted by atomic mass is 16.5. The lowest BCUT2D eigenvalue weighted by Crippen LogP contribution is -2.65. The predicted molar refractivity (Wildman–Crippen MR) is 91.5 cm³/mol. The van der Waals surface area contributed by atoms with Crippen LogP contribution in [0, 0.1) is 17.3 Å². The maximum Gasteiger partial charge on any atom is 0.315 e. The Bertz CT molecular complexity index is 662. The molecule has 4 saturated carbocycles. The molecule has 2 amide bonds. The van der Waals surface area contributed by atoms with Gasteiger partial charge in [-0.1, -0.05) is 6.07 Å². The Labute approximate surface area is 147 Å². The van der Waals surface area contributed by atoms with Crippen LogP contribution in [0.5, 0.6) is 0 Å². The second-order valence-corrected chi connectivity index (χ2v) is 8.18. The van der Waals surface area contributed by atoms with Crippen molar-refractivity contribution in [1.29, 1.82) is 0 Å². The van der Waals surface area contributed by atoms with Crippen LogP contribution in [0.1, 0.15) is 44.1 Å². The number of nitrogens with one attached hydrogen (secondary N) is 2. The van der Waals surface area contributed by atoms with Crippen molar-refractivity contribution in [3.63, 3.8) is 0 Å². The number of carbonyl (C=O) groups excluding carboxylic acids is 2. The summed E-state index contributed by atoms with van der Waals surface area (Å²) in [5, 5.41) is 6.14. The Hall–Kier alpha value is -2.11. The number of aromatic nitrogens is 1. The standard InChI is InChI=1S/C19H25N3O3/c1-25-16(23)18-6-14-5-15(7-18)9-19(8-14,12-18)22-17(24)21-11-13-3-2-4-20-10-13/h2-4,10,14-15H,5-9,11-12H2,1H3,(H2,21,22,24). The smallest absolute Gasteiger partial charge is 0.315 e. The molecule has 6 heteroatoms. The third kappa shape index (κ3) is 2.98. The number of nitrogens with zero attached hydrogens (tertiary/aromatic N) is 1. The van der Waals surface area contributed by atoms with Gasteiger partial charge in [-0.3, -0.25) is 9.78 Å². The topological polar surface area (TPSA) is 80.3 Å². The minimum Gasteiger partial charge on any atom is -0.469 e. The maximum absolute atomic E-state index is 12.5. The summed E-state index contributed by atoms with van der Waals surface area (Å²) in [7, 11) is 1.47. The fourth-order valence-electron chi connectivity index (χ4n) is 5.83. The number of carbonyl (C=O) groups is 2. The average Bonchev–Trinajstić information content (AvgIpc) is 2.58. The zero-order valence-electron chi connectivity index (χ0n) is 14.6. The van der Waals surface area contributed by atoms with Crippen LogP contribution in [0.15, 0.2) is 24.5 Å². The Balaban J connectivity index is 1.44. The molecule has 6 nitrogen and oxygen atoms in total. The first-order valence-corrected chi connectivity index (χ1v) is 9.06. The highest BCUT2D eigenvalue weighted by molar-refractivity contribution is 5.79. The number of amides is 2. The van der Waals surface area contributed by atoms with E-state index in [2.05, 4.69) is 15.6 Å². The molecule has 0 spiro atoms. The summed E-state index contributed by atoms with van der Waals surface area (Å²) < 4.78 is 5.12. The number of hydrogen-bond acceptors (Lipinski definition) is 4. The molecule has 1 aromatic rings. The Morgan fingerprint density at radius 1 is 1.28 bits per heavy atom. The number of methoxy groups -OCH3 is 1. The third-order valence-corrected chi connectivity index (χ3v) is 6.23. The monoisotopic (exact) mass is 343 g/mol. The summed E-state index contributed by atoms with van der Waals surface area (Å²) in [6.45, 7) is 0.449. The van der Waals surface area contributed by atoms with Gasteiger partial charge in [-0.25, -0.2) is 4.79 Å². The van der Waals surface area contributed by atoms with Crippen molar-refractivity contribution >= 4 is 12.0 Å². The molecule has 0 aromatic carbocycles. The van der Waals surface area contributed by atoms with Crippen LogP contribution in [0.4, 0.5) is 4.79 Å². The molecule has 2 N–H and O–H groups in total. The van der Waals surface area contributed by atoms with E-state index in [0.717, 1.165) is 31.2 Å². The second kappa shape index (κ2) is 6.00. The summed E-state index contributed by atoms with van der Waals surface area (Å²) in [6, 6.07) is 3.63. The van der Waals surface area contributed by atoms with Crippen molar-refractivity contribution in [2.24, 2.45) is 17.3 Å². The van der Waals surface area contributed by atoms with E-state index in [1.54, 1.807) is 12.4 Å². The van der Waals surface area contributed by atoms with E-state index < -0.39 is 5.41 Å². The molecule has 2 unspecified atom stereocenters. The van der Waals surface area contributed by atoms with Gasteiger partial charge in [0.05, 0.1) is 12.5 Å². The first kappa shape index (κ1) is 16.4. The minimum atomic E-state index is -0.393. The molecule has 4 aliphatic carbocycles. The number of ether oxygens (including phenoxy) is 1. The molecule has 5 rings (SSSR count). The van der Waals surface area contributed by atoms with Gasteiger partial charge in [-0.15, -0.1) is 0 Å². The van der Waals surface area contributed by atoms with E-state index in [1.807, 2.05) is 12.1 Å². The predicted octanol–water partition coefficient (Wildman–Crippen LogP) is 2.39. The van der Waals surface area contributed by atoms with Gasteiger partial charge in [-0.2, -0.15) is 0 Å². The molecular weight excluding hydrogens is 318 g/mol. The summed E-state index contributed by atoms with van der Waals surface area (Å²) in [5.74, 6) is 0.932. The van der Waals surface area contributed by atoms with Crippen LogP contribution in [0.2, 0.25) is 0 Å². The quantitative estimate of drug-likeness (QED) is 0.823. The fraction of sp³-hybridized carbons (Fsp3) is 0.632. The van der Waals surface area contributed by atoms with Crippen molar-refractivity contribution in [1.82, 2.24) is 15.6 Å². The largest absolute Gasteiger partial charge is 0.469 e. The number of urea groups is 1. The molecule has 25 heavy (non-hydrogen) atoms. The Kier molecular flexibility index (Phi) is 3.93. The molecule has 1 aromatic heterocycles. The van der Waals surface area contributed by atoms with E-state index in [0.29, 0.717) is 24.8 Å². The normalized spacial score (nSPS) is 35.2. The zero-order valence-corrected chi connectivity index (χ0v) is 14.6. The maximum atomic E-state index is 12.5. The number of esters is 1. The lowest BCUT2D eigenvalue weighted by molar-refractivity contribution is -0.171. The number of pyridine rings is 1. The highest BCUT2D eigenvalue weighted by Gasteiger charge is 2.61. The van der Waals surface area contributed by atoms with Gasteiger partial charge in [0.25, 0.3) is 0 Å². The molecule has 0 aliphatic heterocycles. The molecule has 134 valence electrons. The SMILES string of the molecule is COC(=O)C12CC3CC(CC(NC(=O)NCc4cccnc4)(C3)C1)C2. The van der Waals surface area contributed by atoms with Crippen LogP contribution in [-0.2, 0) is 16.1 Å². The molecule has 4 bridgehead atoms. The van der Waals surface area contributed by atoms with E-state index in [4.69, 9.17) is 4.74 Å². The van der Waals surface area contributed by atoms with Crippen molar-refractivity contribution in [3.05, 3.63) is 30.1 Å². The van der Waals surface area contributed by atoms with E-state index in [1.165, 1.54) is 13.5 Å². The van der Waals surface area contributed by atoms with Crippen molar-refractivity contribution in [2.45, 2.75) is 50.6 Å². The van der Waals surface area contributed by atoms with E-state index in [-0.39, 0.29) is 17.5 Å². The summed E-state index contributed by atoms with van der Waals surface area (Å²) in [6.07, 6.45) is 9.13. The van der Waals surface area contributed by atoms with Gasteiger partial charge >= 0.3 is 12.0 Å². The van der Waals surface area contributed by atoms with Crippen molar-refractivity contribution in [2.75, 3.05) is 7.11 Å². The minimum absolute atomic E-state index is 0.0939. The van der Waals surface area contributed by atoms with Gasteiger partial charge in [0.1, 0.15) is 0 Å². The van der Waals surface area contributed by atoms with Crippen molar-refractivity contribution in [3.8, 4) is 0 Å². The number of rotatable bonds is 4. The lowest BCUT2D eigenvalue weighted by Gasteiger charge is -2.60. The summed E-state index contributed by atoms with van der Waals surface area (Å²) in [5.41, 5.74) is 0.307. The molecule has 0 radical (unpaired) electrons. The molecule has 1 heterocycles. The van der Waals surface area contributed by atoms with Gasteiger partial charge in [0, 0.05) is 24.5 Å². The fourth-order valence-corrected chi connectivity index (χ4v) is 5.83. The average molecular weight is 343 g/mol. The van der Waals surface area contributed by atoms with Gasteiger partial charge < -0.3 is 15.4 Å². The van der Waals surface area contributed by atoms with E-state index in [9.17, 15) is 9.59 Å². The Morgan fingerprint density at radius 3 is 2.68 bits per heavy atom. The zero-order chi connectivity index (χ0) is 17.5. The third-order valence-electron chi connectivity index (χ3n) is 6.23. The van der Waals surface area contributed by atoms with Crippen LogP contribution < -0.4 is 10.6 Å². The Morgan fingerprint density at radius 2 is 2.04 bits per heavy atom. The van der Waals surface area contributed by atoms with Crippen LogP contribution in [0.25, 0.3) is 0 Å². The van der Waals surface area contributed by atoms with E-state index >= 15 is 0 Å². The first-order chi connectivity index (χ1) is 12.0. The van der Waals surface area contributed by atoms with Crippen LogP contribution >= 0.6 is 0 Å². The first-order valence-electron chi connectivity index (χ1n) is 9.06. The number of hydrogen-bond donors (Lipinski definition) is 2. The van der Waals surface area contributed by atoms with Crippen molar-refractivity contribution < 1.29 is 14.3 Å². The summed E-state index contributed by atoms with van der Waals surface area (Å²) >= 11 is 0. The molecule has 2 atom stereocenters. The van der Waals surface area contributed by atoms with Gasteiger partial charge in [0.15, 0.2) is 0 Å². The lowest BCUT2D eigenvalue weighted by atomic mass is 9.47. The molecule has 4 aliphatic rings. The second-order valence-electron chi connectivity index (χ2n) is 8.18. The molecule has 0 saturated heterocycles. The van der Waals surface area contributed by atoms with Gasteiger partial charge in [0.2, 0.25) is 0 Å². The summed E-state index contributed by atoms with van der Waals surface area (Å²) in [4.78, 5) is 29.0. The molecule has 4 fully saturated rings. The molecular formula is C19H25N3O3. The van der Waals surface area contributed by atoms with Crippen LogP contribution in [-0.4, -0.2) is 29.6 Å².